The monoisotopic (exact) mass is 401 g/mol. The lowest BCUT2D eigenvalue weighted by atomic mass is 10.2. The lowest BCUT2D eigenvalue weighted by molar-refractivity contribution is 0.0589. The second-order valence-corrected chi connectivity index (χ2v) is 6.47. The Morgan fingerprint density at radius 2 is 2.11 bits per heavy atom. The molecule has 0 bridgehead atoms. The molecule has 1 amide bonds. The van der Waals surface area contributed by atoms with Gasteiger partial charge >= 0.3 is 6.09 Å². The Hall–Kier alpha value is -2.24. The quantitative estimate of drug-likeness (QED) is 0.638. The van der Waals surface area contributed by atoms with Crippen molar-refractivity contribution in [3.8, 4) is 0 Å². The van der Waals surface area contributed by atoms with Gasteiger partial charge in [-0.05, 0) is 12.2 Å². The molecule has 1 atom stereocenters. The lowest BCUT2D eigenvalue weighted by Gasteiger charge is -2.24. The number of carbonyl (C=O) groups is 1. The third-order valence-corrected chi connectivity index (χ3v) is 4.62. The molecule has 0 aliphatic carbocycles. The summed E-state index contributed by atoms with van der Waals surface area (Å²) >= 11 is 4.97. The number of anilines is 2. The smallest absolute Gasteiger partial charge is 0.414 e. The number of amides is 1. The summed E-state index contributed by atoms with van der Waals surface area (Å²) in [7, 11) is 1.67. The summed E-state index contributed by atoms with van der Waals surface area (Å²) in [6.07, 6.45) is -1.14. The van der Waals surface area contributed by atoms with Crippen molar-refractivity contribution >= 4 is 34.8 Å². The summed E-state index contributed by atoms with van der Waals surface area (Å²) in [4.78, 5) is 20.0. The van der Waals surface area contributed by atoms with Crippen LogP contribution in [0.1, 0.15) is 0 Å². The minimum Gasteiger partial charge on any atom is -0.442 e. The van der Waals surface area contributed by atoms with Gasteiger partial charge in [0.1, 0.15) is 11.8 Å². The average molecular weight is 401 g/mol. The molecule has 148 valence electrons. The van der Waals surface area contributed by atoms with E-state index in [0.717, 1.165) is 12.1 Å². The van der Waals surface area contributed by atoms with Gasteiger partial charge in [-0.2, -0.15) is 0 Å². The Kier molecular flexibility index (Phi) is 6.24. The zero-order valence-electron chi connectivity index (χ0n) is 14.8. The first-order valence-corrected chi connectivity index (χ1v) is 8.92. The number of nitrogens with one attached hydrogen (secondary N) is 3. The fraction of sp³-hybridized carbons (Fsp3) is 0.500. The largest absolute Gasteiger partial charge is 0.442 e. The van der Waals surface area contributed by atoms with Gasteiger partial charge in [-0.1, -0.05) is 0 Å². The molecule has 2 heterocycles. The van der Waals surface area contributed by atoms with Crippen LogP contribution in [0, 0.1) is 11.6 Å². The molecule has 27 heavy (non-hydrogen) atoms. The van der Waals surface area contributed by atoms with E-state index in [1.807, 2.05) is 0 Å². The van der Waals surface area contributed by atoms with Gasteiger partial charge < -0.3 is 20.3 Å². The third-order valence-electron chi connectivity index (χ3n) is 4.27. The maximum Gasteiger partial charge on any atom is 0.414 e. The van der Waals surface area contributed by atoms with Gasteiger partial charge in [0.25, 0.3) is 0 Å². The molecule has 11 heteroatoms. The van der Waals surface area contributed by atoms with Crippen LogP contribution in [-0.2, 0) is 9.57 Å². The number of carbonyl (C=O) groups excluding carboxylic acids is 1. The van der Waals surface area contributed by atoms with E-state index >= 15 is 0 Å². The lowest BCUT2D eigenvalue weighted by Crippen LogP contribution is -2.39. The number of hydrogen-bond acceptors (Lipinski definition) is 6. The van der Waals surface area contributed by atoms with Gasteiger partial charge in [0.15, 0.2) is 16.7 Å². The molecule has 2 fully saturated rings. The van der Waals surface area contributed by atoms with E-state index in [0.29, 0.717) is 37.9 Å². The number of benzene rings is 1. The first-order valence-electron chi connectivity index (χ1n) is 8.52. The van der Waals surface area contributed by atoms with E-state index in [9.17, 15) is 13.6 Å². The predicted octanol–water partition coefficient (Wildman–Crippen LogP) is 0.725. The van der Waals surface area contributed by atoms with Gasteiger partial charge in [-0.25, -0.2) is 19.1 Å². The average Bonchev–Trinajstić information content (AvgIpc) is 2.82. The first kappa shape index (κ1) is 19.5. The van der Waals surface area contributed by atoms with Crippen LogP contribution in [0.3, 0.4) is 0 Å². The van der Waals surface area contributed by atoms with Crippen molar-refractivity contribution < 1.29 is 23.1 Å². The van der Waals surface area contributed by atoms with Crippen LogP contribution in [0.15, 0.2) is 12.1 Å². The van der Waals surface area contributed by atoms with E-state index in [-0.39, 0.29) is 17.9 Å². The highest BCUT2D eigenvalue weighted by Gasteiger charge is 2.33. The van der Waals surface area contributed by atoms with Crippen molar-refractivity contribution in [3.05, 3.63) is 23.8 Å². The standard InChI is InChI=1S/C16H21F2N5O3S/c1-19-15(27)20-8-11-9-23(16(24)26-11)10-6-12(17)14(13(18)7-10)22-3-2-21-25-5-4-22/h6-7,11,21H,2-5,8-9H2,1H3,(H2,19,20,27). The van der Waals surface area contributed by atoms with Gasteiger partial charge in [-0.3, -0.25) is 9.74 Å². The highest BCUT2D eigenvalue weighted by Crippen LogP contribution is 2.31. The van der Waals surface area contributed by atoms with Crippen LogP contribution in [0.2, 0.25) is 0 Å². The molecule has 0 aromatic heterocycles. The molecule has 2 aliphatic rings. The van der Waals surface area contributed by atoms with Gasteiger partial charge in [0.05, 0.1) is 25.4 Å². The van der Waals surface area contributed by atoms with Crippen molar-refractivity contribution in [3.63, 3.8) is 0 Å². The summed E-state index contributed by atoms with van der Waals surface area (Å²) < 4.78 is 34.5. The van der Waals surface area contributed by atoms with Crippen LogP contribution >= 0.6 is 12.2 Å². The van der Waals surface area contributed by atoms with Crippen molar-refractivity contribution in [2.24, 2.45) is 0 Å². The van der Waals surface area contributed by atoms with E-state index in [2.05, 4.69) is 16.1 Å². The molecule has 3 N–H and O–H groups in total. The Morgan fingerprint density at radius 1 is 1.37 bits per heavy atom. The molecule has 1 aromatic carbocycles. The van der Waals surface area contributed by atoms with E-state index in [4.69, 9.17) is 21.8 Å². The van der Waals surface area contributed by atoms with Crippen LogP contribution in [0.4, 0.5) is 25.0 Å². The molecule has 8 nitrogen and oxygen atoms in total. The van der Waals surface area contributed by atoms with Crippen molar-refractivity contribution in [1.82, 2.24) is 16.1 Å². The zero-order valence-corrected chi connectivity index (χ0v) is 15.6. The van der Waals surface area contributed by atoms with Crippen LogP contribution in [0.5, 0.6) is 0 Å². The SMILES string of the molecule is CNC(=S)NCC1CN(c2cc(F)c(N3CCNOCC3)c(F)c2)C(=O)O1. The van der Waals surface area contributed by atoms with E-state index in [1.54, 1.807) is 11.9 Å². The number of hydrogen-bond donors (Lipinski definition) is 3. The van der Waals surface area contributed by atoms with Gasteiger partial charge in [0, 0.05) is 38.8 Å². The summed E-state index contributed by atoms with van der Waals surface area (Å²) in [6.45, 7) is 1.97. The third kappa shape index (κ3) is 4.54. The Morgan fingerprint density at radius 3 is 2.81 bits per heavy atom. The Bertz CT molecular complexity index is 692. The number of ether oxygens (including phenoxy) is 1. The topological polar surface area (TPSA) is 78.1 Å². The molecule has 2 saturated heterocycles. The Labute approximate surface area is 160 Å². The van der Waals surface area contributed by atoms with Crippen LogP contribution in [-0.4, -0.2) is 63.7 Å². The molecule has 2 aliphatic heterocycles. The summed E-state index contributed by atoms with van der Waals surface area (Å²) in [6, 6.07) is 2.29. The van der Waals surface area contributed by atoms with Crippen LogP contribution < -0.4 is 25.9 Å². The normalized spacial score (nSPS) is 20.3. The van der Waals surface area contributed by atoms with E-state index < -0.39 is 23.8 Å². The highest BCUT2D eigenvalue weighted by molar-refractivity contribution is 7.80. The summed E-state index contributed by atoms with van der Waals surface area (Å²) in [5.41, 5.74) is 2.69. The van der Waals surface area contributed by atoms with Gasteiger partial charge in [0.2, 0.25) is 0 Å². The maximum absolute atomic E-state index is 14.6. The van der Waals surface area contributed by atoms with Crippen LogP contribution in [0.25, 0.3) is 0 Å². The number of thiocarbonyl (C=S) groups is 1. The molecule has 1 unspecified atom stereocenters. The Balaban J connectivity index is 1.73. The second kappa shape index (κ2) is 8.63. The number of cyclic esters (lactones) is 1. The second-order valence-electron chi connectivity index (χ2n) is 6.06. The molecule has 0 saturated carbocycles. The fourth-order valence-corrected chi connectivity index (χ4v) is 3.04. The summed E-state index contributed by atoms with van der Waals surface area (Å²) in [5, 5.41) is 6.06. The molecule has 0 radical (unpaired) electrons. The highest BCUT2D eigenvalue weighted by atomic mass is 32.1. The van der Waals surface area contributed by atoms with E-state index in [1.165, 1.54) is 4.90 Å². The molecule has 1 aromatic rings. The molecular weight excluding hydrogens is 380 g/mol. The first-order chi connectivity index (χ1) is 13.0. The minimum absolute atomic E-state index is 0.113. The number of nitrogens with zero attached hydrogens (tertiary/aromatic N) is 2. The maximum atomic E-state index is 14.6. The fourth-order valence-electron chi connectivity index (χ4n) is 2.96. The summed E-state index contributed by atoms with van der Waals surface area (Å²) in [5.74, 6) is -1.48. The van der Waals surface area contributed by atoms with Crippen molar-refractivity contribution in [1.29, 1.82) is 0 Å². The number of halogens is 2. The number of rotatable bonds is 4. The minimum atomic E-state index is -0.738. The van der Waals surface area contributed by atoms with Gasteiger partial charge in [-0.15, -0.1) is 0 Å². The van der Waals surface area contributed by atoms with Crippen molar-refractivity contribution in [2.45, 2.75) is 6.10 Å². The molecule has 0 spiro atoms. The predicted molar refractivity (Wildman–Crippen MR) is 99.8 cm³/mol. The number of hydroxylamine groups is 1. The molecular formula is C16H21F2N5O3S. The van der Waals surface area contributed by atoms with Crippen molar-refractivity contribution in [2.75, 3.05) is 56.2 Å². The zero-order chi connectivity index (χ0) is 19.4. The molecule has 3 rings (SSSR count).